The fraction of sp³-hybridized carbons (Fsp3) is 0.667. The molecular formula is C18H28N2. The molecule has 20 heavy (non-hydrogen) atoms. The Morgan fingerprint density at radius 1 is 1.20 bits per heavy atom. The molecule has 110 valence electrons. The predicted octanol–water partition coefficient (Wildman–Crippen LogP) is 3.74. The monoisotopic (exact) mass is 272 g/mol. The van der Waals surface area contributed by atoms with Crippen LogP contribution in [0.3, 0.4) is 0 Å². The third-order valence-corrected chi connectivity index (χ3v) is 4.77. The van der Waals surface area contributed by atoms with Gasteiger partial charge < -0.3 is 5.32 Å². The molecule has 2 unspecified atom stereocenters. The Hall–Kier alpha value is -0.860. The van der Waals surface area contributed by atoms with Crippen molar-refractivity contribution in [3.8, 4) is 0 Å². The van der Waals surface area contributed by atoms with Crippen molar-refractivity contribution in [2.24, 2.45) is 0 Å². The molecule has 2 fully saturated rings. The van der Waals surface area contributed by atoms with Crippen molar-refractivity contribution < 1.29 is 0 Å². The van der Waals surface area contributed by atoms with Crippen LogP contribution in [0.4, 0.5) is 0 Å². The van der Waals surface area contributed by atoms with E-state index in [0.717, 1.165) is 6.04 Å². The number of rotatable bonds is 7. The molecule has 1 saturated heterocycles. The first kappa shape index (κ1) is 14.1. The van der Waals surface area contributed by atoms with Crippen LogP contribution in [0.1, 0.15) is 57.1 Å². The van der Waals surface area contributed by atoms with E-state index in [1.807, 2.05) is 0 Å². The number of nitrogens with one attached hydrogen (secondary N) is 1. The van der Waals surface area contributed by atoms with Crippen molar-refractivity contribution in [3.05, 3.63) is 35.9 Å². The Kier molecular flexibility index (Phi) is 4.74. The molecule has 1 N–H and O–H groups in total. The Bertz CT molecular complexity index is 399. The molecule has 1 aliphatic carbocycles. The molecule has 1 aromatic carbocycles. The van der Waals surface area contributed by atoms with Crippen molar-refractivity contribution in [1.29, 1.82) is 0 Å². The second-order valence-electron chi connectivity index (χ2n) is 6.48. The molecule has 1 aromatic rings. The van der Waals surface area contributed by atoms with Crippen molar-refractivity contribution >= 4 is 0 Å². The summed E-state index contributed by atoms with van der Waals surface area (Å²) < 4.78 is 0. The van der Waals surface area contributed by atoms with Gasteiger partial charge in [0.15, 0.2) is 0 Å². The first-order valence-corrected chi connectivity index (χ1v) is 8.42. The topological polar surface area (TPSA) is 15.3 Å². The molecule has 0 amide bonds. The fourth-order valence-corrected chi connectivity index (χ4v) is 3.42. The average Bonchev–Trinajstić information content (AvgIpc) is 3.24. The third kappa shape index (κ3) is 3.62. The Morgan fingerprint density at radius 2 is 2.00 bits per heavy atom. The van der Waals surface area contributed by atoms with Gasteiger partial charge in [-0.25, -0.2) is 0 Å². The molecule has 2 heteroatoms. The van der Waals surface area contributed by atoms with Crippen LogP contribution in [0.5, 0.6) is 0 Å². The first-order chi connectivity index (χ1) is 9.86. The van der Waals surface area contributed by atoms with Crippen molar-refractivity contribution in [3.63, 3.8) is 0 Å². The highest BCUT2D eigenvalue weighted by atomic mass is 15.2. The summed E-state index contributed by atoms with van der Waals surface area (Å²) in [7, 11) is 0. The highest BCUT2D eigenvalue weighted by Crippen LogP contribution is 2.31. The molecule has 0 spiro atoms. The zero-order valence-corrected chi connectivity index (χ0v) is 12.7. The van der Waals surface area contributed by atoms with Crippen LogP contribution in [0.2, 0.25) is 0 Å². The van der Waals surface area contributed by atoms with Gasteiger partial charge in [0, 0.05) is 31.2 Å². The lowest BCUT2D eigenvalue weighted by Gasteiger charge is -2.24. The SMILES string of the molecule is CCCCC(NC1CCN(C2CC2)C1)c1ccccc1. The highest BCUT2D eigenvalue weighted by Gasteiger charge is 2.34. The highest BCUT2D eigenvalue weighted by molar-refractivity contribution is 5.19. The van der Waals surface area contributed by atoms with Crippen LogP contribution in [-0.2, 0) is 0 Å². The number of benzene rings is 1. The zero-order valence-electron chi connectivity index (χ0n) is 12.7. The number of hydrogen-bond donors (Lipinski definition) is 1. The molecule has 0 aromatic heterocycles. The molecule has 3 rings (SSSR count). The summed E-state index contributed by atoms with van der Waals surface area (Å²) in [5.74, 6) is 0. The van der Waals surface area contributed by atoms with E-state index >= 15 is 0 Å². The second kappa shape index (κ2) is 6.73. The van der Waals surface area contributed by atoms with Crippen molar-refractivity contribution in [1.82, 2.24) is 10.2 Å². The summed E-state index contributed by atoms with van der Waals surface area (Å²) in [5, 5.41) is 3.94. The van der Waals surface area contributed by atoms with Gasteiger partial charge in [-0.1, -0.05) is 50.1 Å². The second-order valence-corrected chi connectivity index (χ2v) is 6.48. The largest absolute Gasteiger partial charge is 0.306 e. The van der Waals surface area contributed by atoms with E-state index in [1.165, 1.54) is 57.2 Å². The summed E-state index contributed by atoms with van der Waals surface area (Å²) in [6.07, 6.45) is 8.05. The molecular weight excluding hydrogens is 244 g/mol. The van der Waals surface area contributed by atoms with Gasteiger partial charge in [-0.3, -0.25) is 4.90 Å². The Balaban J connectivity index is 1.58. The van der Waals surface area contributed by atoms with Gasteiger partial charge in [0.05, 0.1) is 0 Å². The van der Waals surface area contributed by atoms with E-state index in [9.17, 15) is 0 Å². The van der Waals surface area contributed by atoms with Gasteiger partial charge in [0.1, 0.15) is 0 Å². The molecule has 1 heterocycles. The first-order valence-electron chi connectivity index (χ1n) is 8.42. The van der Waals surface area contributed by atoms with E-state index in [4.69, 9.17) is 0 Å². The fourth-order valence-electron chi connectivity index (χ4n) is 3.42. The average molecular weight is 272 g/mol. The quantitative estimate of drug-likeness (QED) is 0.813. The molecule has 2 atom stereocenters. The van der Waals surface area contributed by atoms with Crippen LogP contribution < -0.4 is 5.32 Å². The summed E-state index contributed by atoms with van der Waals surface area (Å²) in [4.78, 5) is 2.69. The summed E-state index contributed by atoms with van der Waals surface area (Å²) in [6, 6.07) is 13.2. The number of nitrogens with zero attached hydrogens (tertiary/aromatic N) is 1. The Labute approximate surface area is 123 Å². The minimum Gasteiger partial charge on any atom is -0.306 e. The van der Waals surface area contributed by atoms with E-state index in [-0.39, 0.29) is 0 Å². The molecule has 0 radical (unpaired) electrons. The summed E-state index contributed by atoms with van der Waals surface area (Å²) in [6.45, 7) is 4.85. The number of unbranched alkanes of at least 4 members (excludes halogenated alkanes) is 1. The summed E-state index contributed by atoms with van der Waals surface area (Å²) >= 11 is 0. The maximum atomic E-state index is 3.94. The Morgan fingerprint density at radius 3 is 2.70 bits per heavy atom. The summed E-state index contributed by atoms with van der Waals surface area (Å²) in [5.41, 5.74) is 1.46. The van der Waals surface area contributed by atoms with E-state index in [0.29, 0.717) is 12.1 Å². The van der Waals surface area contributed by atoms with Crippen LogP contribution in [0, 0.1) is 0 Å². The zero-order chi connectivity index (χ0) is 13.8. The van der Waals surface area contributed by atoms with Crippen molar-refractivity contribution in [2.45, 2.75) is 63.6 Å². The van der Waals surface area contributed by atoms with E-state index < -0.39 is 0 Å². The maximum Gasteiger partial charge on any atom is 0.0323 e. The van der Waals surface area contributed by atoms with Gasteiger partial charge in [-0.15, -0.1) is 0 Å². The van der Waals surface area contributed by atoms with Crippen LogP contribution in [-0.4, -0.2) is 30.1 Å². The lowest BCUT2D eigenvalue weighted by atomic mass is 10.00. The predicted molar refractivity (Wildman–Crippen MR) is 84.8 cm³/mol. The molecule has 2 nitrogen and oxygen atoms in total. The maximum absolute atomic E-state index is 3.94. The molecule has 0 bridgehead atoms. The molecule has 1 aliphatic heterocycles. The van der Waals surface area contributed by atoms with Crippen LogP contribution >= 0.6 is 0 Å². The normalized spacial score (nSPS) is 24.9. The number of likely N-dealkylation sites (tertiary alicyclic amines) is 1. The van der Waals surface area contributed by atoms with E-state index in [2.05, 4.69) is 47.5 Å². The van der Waals surface area contributed by atoms with Gasteiger partial charge in [-0.2, -0.15) is 0 Å². The lowest BCUT2D eigenvalue weighted by Crippen LogP contribution is -2.36. The number of hydrogen-bond acceptors (Lipinski definition) is 2. The standard InChI is InChI=1S/C18H28N2/c1-2-3-9-18(15-7-5-4-6-8-15)19-16-12-13-20(14-16)17-10-11-17/h4-8,16-19H,2-3,9-14H2,1H3. The minimum atomic E-state index is 0.542. The van der Waals surface area contributed by atoms with Gasteiger partial charge in [0.2, 0.25) is 0 Å². The molecule has 1 saturated carbocycles. The lowest BCUT2D eigenvalue weighted by molar-refractivity contribution is 0.310. The van der Waals surface area contributed by atoms with Gasteiger partial charge >= 0.3 is 0 Å². The minimum absolute atomic E-state index is 0.542. The third-order valence-electron chi connectivity index (χ3n) is 4.77. The van der Waals surface area contributed by atoms with Crippen molar-refractivity contribution in [2.75, 3.05) is 13.1 Å². The van der Waals surface area contributed by atoms with E-state index in [1.54, 1.807) is 0 Å². The van der Waals surface area contributed by atoms with Crippen LogP contribution in [0.15, 0.2) is 30.3 Å². The van der Waals surface area contributed by atoms with Gasteiger partial charge in [0.25, 0.3) is 0 Å². The van der Waals surface area contributed by atoms with Crippen LogP contribution in [0.25, 0.3) is 0 Å². The van der Waals surface area contributed by atoms with Gasteiger partial charge in [-0.05, 0) is 31.2 Å². The molecule has 2 aliphatic rings. The smallest absolute Gasteiger partial charge is 0.0323 e.